The summed E-state index contributed by atoms with van der Waals surface area (Å²) < 4.78 is 0. The van der Waals surface area contributed by atoms with Crippen molar-refractivity contribution in [1.82, 2.24) is 10.2 Å². The molecule has 1 N–H and O–H groups in total. The number of hydrogen-bond donors (Lipinski definition) is 1. The quantitative estimate of drug-likeness (QED) is 0.470. The van der Waals surface area contributed by atoms with Gasteiger partial charge in [0.25, 0.3) is 0 Å². The van der Waals surface area contributed by atoms with Crippen molar-refractivity contribution in [3.8, 4) is 0 Å². The number of rotatable bonds is 10. The molecule has 0 bridgehead atoms. The molecule has 120 valence electrons. The van der Waals surface area contributed by atoms with Gasteiger partial charge in [-0.1, -0.05) is 52.9 Å². The van der Waals surface area contributed by atoms with Crippen LogP contribution in [0.1, 0.15) is 78.6 Å². The summed E-state index contributed by atoms with van der Waals surface area (Å²) in [5.74, 6) is 0. The summed E-state index contributed by atoms with van der Waals surface area (Å²) in [5, 5.41) is 3.73. The molecule has 0 saturated heterocycles. The van der Waals surface area contributed by atoms with E-state index in [2.05, 4.69) is 31.0 Å². The highest BCUT2D eigenvalue weighted by molar-refractivity contribution is 4.87. The van der Waals surface area contributed by atoms with Gasteiger partial charge < -0.3 is 10.2 Å². The highest BCUT2D eigenvalue weighted by Crippen LogP contribution is 2.35. The predicted octanol–water partition coefficient (Wildman–Crippen LogP) is 4.45. The van der Waals surface area contributed by atoms with E-state index in [0.29, 0.717) is 5.41 Å². The molecule has 0 aromatic rings. The molecular formula is C18H38N2. The fourth-order valence-electron chi connectivity index (χ4n) is 3.60. The van der Waals surface area contributed by atoms with Crippen LogP contribution in [0.5, 0.6) is 0 Å². The lowest BCUT2D eigenvalue weighted by molar-refractivity contribution is 0.129. The number of nitrogens with one attached hydrogen (secondary N) is 1. The van der Waals surface area contributed by atoms with Crippen LogP contribution in [0.3, 0.4) is 0 Å². The standard InChI is InChI=1S/C18H38N2/c1-4-7-15-20(6-3)17-18(16-19-14-5-2)12-10-8-9-11-13-18/h19H,4-17H2,1-3H3. The molecule has 1 aliphatic rings. The van der Waals surface area contributed by atoms with Gasteiger partial charge in [-0.25, -0.2) is 0 Å². The molecule has 0 aromatic heterocycles. The summed E-state index contributed by atoms with van der Waals surface area (Å²) in [7, 11) is 0. The first-order valence-electron chi connectivity index (χ1n) is 9.19. The number of nitrogens with zero attached hydrogens (tertiary/aromatic N) is 1. The Balaban J connectivity index is 2.58. The molecule has 0 aromatic carbocycles. The van der Waals surface area contributed by atoms with E-state index >= 15 is 0 Å². The van der Waals surface area contributed by atoms with Crippen molar-refractivity contribution in [3.05, 3.63) is 0 Å². The first-order valence-corrected chi connectivity index (χ1v) is 9.19. The molecule has 1 saturated carbocycles. The Bertz CT molecular complexity index is 219. The second-order valence-corrected chi connectivity index (χ2v) is 6.81. The lowest BCUT2D eigenvalue weighted by Gasteiger charge is -2.38. The highest BCUT2D eigenvalue weighted by atomic mass is 15.1. The molecule has 2 heteroatoms. The van der Waals surface area contributed by atoms with Crippen LogP contribution in [0.4, 0.5) is 0 Å². The summed E-state index contributed by atoms with van der Waals surface area (Å²) in [5.41, 5.74) is 0.551. The Morgan fingerprint density at radius 3 is 2.20 bits per heavy atom. The molecule has 0 amide bonds. The second-order valence-electron chi connectivity index (χ2n) is 6.81. The normalized spacial score (nSPS) is 19.2. The van der Waals surface area contributed by atoms with Crippen molar-refractivity contribution in [2.45, 2.75) is 78.6 Å². The van der Waals surface area contributed by atoms with E-state index in [0.717, 1.165) is 0 Å². The van der Waals surface area contributed by atoms with Gasteiger partial charge in [0, 0.05) is 13.1 Å². The van der Waals surface area contributed by atoms with Crippen LogP contribution in [0, 0.1) is 5.41 Å². The third-order valence-electron chi connectivity index (χ3n) is 4.93. The van der Waals surface area contributed by atoms with Gasteiger partial charge in [0.2, 0.25) is 0 Å². The van der Waals surface area contributed by atoms with Crippen LogP contribution >= 0.6 is 0 Å². The Labute approximate surface area is 127 Å². The molecule has 2 nitrogen and oxygen atoms in total. The monoisotopic (exact) mass is 282 g/mol. The first kappa shape index (κ1) is 18.0. The Kier molecular flexibility index (Phi) is 9.54. The number of hydrogen-bond acceptors (Lipinski definition) is 2. The highest BCUT2D eigenvalue weighted by Gasteiger charge is 2.32. The van der Waals surface area contributed by atoms with Crippen molar-refractivity contribution in [2.24, 2.45) is 5.41 Å². The van der Waals surface area contributed by atoms with Crippen LogP contribution < -0.4 is 5.32 Å². The zero-order chi connectivity index (χ0) is 14.7. The summed E-state index contributed by atoms with van der Waals surface area (Å²) in [4.78, 5) is 2.71. The van der Waals surface area contributed by atoms with Crippen molar-refractivity contribution in [1.29, 1.82) is 0 Å². The summed E-state index contributed by atoms with van der Waals surface area (Å²) >= 11 is 0. The van der Waals surface area contributed by atoms with Gasteiger partial charge in [0.1, 0.15) is 0 Å². The molecule has 0 spiro atoms. The first-order chi connectivity index (χ1) is 9.76. The van der Waals surface area contributed by atoms with Gasteiger partial charge in [-0.15, -0.1) is 0 Å². The van der Waals surface area contributed by atoms with Crippen LogP contribution in [0.25, 0.3) is 0 Å². The van der Waals surface area contributed by atoms with Gasteiger partial charge in [-0.2, -0.15) is 0 Å². The molecule has 1 fully saturated rings. The van der Waals surface area contributed by atoms with Crippen LogP contribution in [-0.2, 0) is 0 Å². The largest absolute Gasteiger partial charge is 0.316 e. The van der Waals surface area contributed by atoms with E-state index in [-0.39, 0.29) is 0 Å². The zero-order valence-corrected chi connectivity index (χ0v) is 14.3. The minimum Gasteiger partial charge on any atom is -0.316 e. The summed E-state index contributed by atoms with van der Waals surface area (Å²) in [6, 6.07) is 0. The SMILES string of the molecule is CCCCN(CC)CC1(CNCCC)CCCCCC1. The molecule has 0 radical (unpaired) electrons. The predicted molar refractivity (Wildman–Crippen MR) is 90.3 cm³/mol. The van der Waals surface area contributed by atoms with Gasteiger partial charge in [0.15, 0.2) is 0 Å². The minimum absolute atomic E-state index is 0.551. The molecular weight excluding hydrogens is 244 g/mol. The maximum Gasteiger partial charge on any atom is 0.00500 e. The maximum absolute atomic E-state index is 3.73. The van der Waals surface area contributed by atoms with E-state index in [9.17, 15) is 0 Å². The molecule has 0 aliphatic heterocycles. The fraction of sp³-hybridized carbons (Fsp3) is 1.00. The fourth-order valence-corrected chi connectivity index (χ4v) is 3.60. The Hall–Kier alpha value is -0.0800. The Morgan fingerprint density at radius 1 is 0.950 bits per heavy atom. The van der Waals surface area contributed by atoms with E-state index in [1.54, 1.807) is 0 Å². The smallest absolute Gasteiger partial charge is 0.00500 e. The molecule has 0 unspecified atom stereocenters. The van der Waals surface area contributed by atoms with Crippen LogP contribution in [0.15, 0.2) is 0 Å². The summed E-state index contributed by atoms with van der Waals surface area (Å²) in [6.45, 7) is 13.2. The van der Waals surface area contributed by atoms with E-state index < -0.39 is 0 Å². The second kappa shape index (κ2) is 10.6. The maximum atomic E-state index is 3.73. The lowest BCUT2D eigenvalue weighted by atomic mass is 9.79. The third-order valence-corrected chi connectivity index (χ3v) is 4.93. The van der Waals surface area contributed by atoms with Gasteiger partial charge in [-0.05, 0) is 50.7 Å². The van der Waals surface area contributed by atoms with Gasteiger partial charge in [0.05, 0.1) is 0 Å². The summed E-state index contributed by atoms with van der Waals surface area (Å²) in [6.07, 6.45) is 12.6. The van der Waals surface area contributed by atoms with Crippen molar-refractivity contribution in [3.63, 3.8) is 0 Å². The molecule has 1 aliphatic carbocycles. The lowest BCUT2D eigenvalue weighted by Crippen LogP contribution is -2.44. The Morgan fingerprint density at radius 2 is 1.65 bits per heavy atom. The minimum atomic E-state index is 0.551. The van der Waals surface area contributed by atoms with Crippen LogP contribution in [-0.4, -0.2) is 37.6 Å². The van der Waals surface area contributed by atoms with Crippen molar-refractivity contribution < 1.29 is 0 Å². The molecule has 0 atom stereocenters. The average Bonchev–Trinajstić information content (AvgIpc) is 2.70. The van der Waals surface area contributed by atoms with E-state index in [1.807, 2.05) is 0 Å². The van der Waals surface area contributed by atoms with E-state index in [4.69, 9.17) is 0 Å². The van der Waals surface area contributed by atoms with Gasteiger partial charge in [-0.3, -0.25) is 0 Å². The number of unbranched alkanes of at least 4 members (excludes halogenated alkanes) is 1. The topological polar surface area (TPSA) is 15.3 Å². The van der Waals surface area contributed by atoms with E-state index in [1.165, 1.54) is 90.5 Å². The third kappa shape index (κ3) is 6.58. The molecule has 0 heterocycles. The molecule has 1 rings (SSSR count). The van der Waals surface area contributed by atoms with Crippen molar-refractivity contribution in [2.75, 3.05) is 32.7 Å². The van der Waals surface area contributed by atoms with Gasteiger partial charge >= 0.3 is 0 Å². The van der Waals surface area contributed by atoms with Crippen LogP contribution in [0.2, 0.25) is 0 Å². The molecule has 20 heavy (non-hydrogen) atoms. The van der Waals surface area contributed by atoms with Crippen molar-refractivity contribution >= 4 is 0 Å². The zero-order valence-electron chi connectivity index (χ0n) is 14.3. The average molecular weight is 283 g/mol.